The predicted molar refractivity (Wildman–Crippen MR) is 130 cm³/mol. The fourth-order valence-electron chi connectivity index (χ4n) is 4.81. The minimum Gasteiger partial charge on any atom is -0.469 e. The summed E-state index contributed by atoms with van der Waals surface area (Å²) < 4.78 is 18.1. The van der Waals surface area contributed by atoms with Gasteiger partial charge in [-0.1, -0.05) is 6.07 Å². The molecule has 0 spiro atoms. The number of aromatic nitrogens is 2. The van der Waals surface area contributed by atoms with Crippen LogP contribution in [0.25, 0.3) is 5.69 Å². The molecule has 1 saturated heterocycles. The van der Waals surface area contributed by atoms with Gasteiger partial charge in [-0.25, -0.2) is 0 Å². The second kappa shape index (κ2) is 8.98. The van der Waals surface area contributed by atoms with Crippen molar-refractivity contribution in [2.45, 2.75) is 32.4 Å². The number of esters is 1. The van der Waals surface area contributed by atoms with Crippen molar-refractivity contribution in [1.29, 1.82) is 0 Å². The first-order valence-electron chi connectivity index (χ1n) is 11.1. The molecule has 0 saturated carbocycles. The summed E-state index contributed by atoms with van der Waals surface area (Å²) in [6.07, 6.45) is 2.02. The molecule has 0 aliphatic carbocycles. The number of carbonyl (C=O) groups excluding carboxylic acids is 1. The van der Waals surface area contributed by atoms with Gasteiger partial charge in [0.05, 0.1) is 31.3 Å². The molecule has 1 N–H and O–H groups in total. The SMILES string of the molecule is COC(=O)CCN1C(=S)N[C@@H](c2ccccn2)[C@H]1c1cc(C)n(-c2ccc3c(c2)OCO3)c1C. The lowest BCUT2D eigenvalue weighted by atomic mass is 9.96. The lowest BCUT2D eigenvalue weighted by Gasteiger charge is -2.28. The summed E-state index contributed by atoms with van der Waals surface area (Å²) in [6, 6.07) is 13.7. The Morgan fingerprint density at radius 1 is 1.21 bits per heavy atom. The molecule has 2 aromatic heterocycles. The molecule has 2 aliphatic rings. The van der Waals surface area contributed by atoms with Crippen molar-refractivity contribution in [2.24, 2.45) is 0 Å². The van der Waals surface area contributed by atoms with Gasteiger partial charge in [-0.3, -0.25) is 9.78 Å². The number of carbonyl (C=O) groups is 1. The van der Waals surface area contributed by atoms with Gasteiger partial charge in [-0.15, -0.1) is 0 Å². The Hall–Kier alpha value is -3.59. The summed E-state index contributed by atoms with van der Waals surface area (Å²) >= 11 is 5.71. The molecule has 0 radical (unpaired) electrons. The van der Waals surface area contributed by atoms with Gasteiger partial charge >= 0.3 is 5.97 Å². The molecule has 0 bridgehead atoms. The summed E-state index contributed by atoms with van der Waals surface area (Å²) in [6.45, 7) is 4.86. The number of methoxy groups -OCH3 is 1. The number of pyridine rings is 1. The van der Waals surface area contributed by atoms with Crippen LogP contribution in [0.15, 0.2) is 48.7 Å². The number of hydrogen-bond acceptors (Lipinski definition) is 6. The van der Waals surface area contributed by atoms with E-state index >= 15 is 0 Å². The lowest BCUT2D eigenvalue weighted by molar-refractivity contribution is -0.140. The first kappa shape index (κ1) is 22.2. The number of nitrogens with one attached hydrogen (secondary N) is 1. The Morgan fingerprint density at radius 2 is 2.03 bits per heavy atom. The van der Waals surface area contributed by atoms with E-state index in [1.165, 1.54) is 7.11 Å². The fourth-order valence-corrected chi connectivity index (χ4v) is 5.14. The quantitative estimate of drug-likeness (QED) is 0.424. The maximum absolute atomic E-state index is 11.9. The van der Waals surface area contributed by atoms with Gasteiger partial charge in [0, 0.05) is 35.9 Å². The Labute approximate surface area is 203 Å². The number of aryl methyl sites for hydroxylation is 1. The van der Waals surface area contributed by atoms with Gasteiger partial charge in [0.25, 0.3) is 0 Å². The van der Waals surface area contributed by atoms with Crippen molar-refractivity contribution in [2.75, 3.05) is 20.4 Å². The third kappa shape index (κ3) is 3.86. The van der Waals surface area contributed by atoms with E-state index < -0.39 is 0 Å². The maximum Gasteiger partial charge on any atom is 0.307 e. The minimum atomic E-state index is -0.270. The Balaban J connectivity index is 1.57. The molecule has 5 rings (SSSR count). The third-order valence-corrected chi connectivity index (χ3v) is 6.74. The van der Waals surface area contributed by atoms with Gasteiger partial charge in [-0.05, 0) is 62.0 Å². The molecule has 2 atom stereocenters. The molecular formula is C25H26N4O4S. The molecule has 8 nitrogen and oxygen atoms in total. The number of fused-ring (bicyclic) bond motifs is 1. The molecule has 9 heteroatoms. The van der Waals surface area contributed by atoms with Crippen molar-refractivity contribution in [1.82, 2.24) is 19.8 Å². The van der Waals surface area contributed by atoms with Crippen LogP contribution in [0.1, 0.15) is 41.1 Å². The maximum atomic E-state index is 11.9. The van der Waals surface area contributed by atoms with Gasteiger partial charge in [0.1, 0.15) is 0 Å². The second-order valence-corrected chi connectivity index (χ2v) is 8.73. The zero-order valence-corrected chi connectivity index (χ0v) is 20.1. The van der Waals surface area contributed by atoms with E-state index in [9.17, 15) is 4.79 Å². The summed E-state index contributed by atoms with van der Waals surface area (Å²) in [5.41, 5.74) is 5.16. The van der Waals surface area contributed by atoms with Crippen LogP contribution in [0, 0.1) is 13.8 Å². The highest BCUT2D eigenvalue weighted by Gasteiger charge is 2.41. The summed E-state index contributed by atoms with van der Waals surface area (Å²) in [4.78, 5) is 18.6. The van der Waals surface area contributed by atoms with Crippen LogP contribution in [0.2, 0.25) is 0 Å². The predicted octanol–water partition coefficient (Wildman–Crippen LogP) is 3.75. The highest BCUT2D eigenvalue weighted by molar-refractivity contribution is 7.80. The smallest absolute Gasteiger partial charge is 0.307 e. The van der Waals surface area contributed by atoms with E-state index in [1.807, 2.05) is 36.4 Å². The minimum absolute atomic E-state index is 0.138. The van der Waals surface area contributed by atoms with E-state index in [-0.39, 0.29) is 31.3 Å². The zero-order chi connectivity index (χ0) is 23.8. The molecule has 2 aliphatic heterocycles. The second-order valence-electron chi connectivity index (χ2n) is 8.35. The largest absolute Gasteiger partial charge is 0.469 e. The summed E-state index contributed by atoms with van der Waals surface area (Å²) in [7, 11) is 1.40. The van der Waals surface area contributed by atoms with Gasteiger partial charge in [0.15, 0.2) is 16.6 Å². The zero-order valence-electron chi connectivity index (χ0n) is 19.3. The molecule has 0 unspecified atom stereocenters. The molecule has 34 heavy (non-hydrogen) atoms. The standard InChI is InChI=1S/C25H26N4O4S/c1-15-12-18(16(2)29(15)17-7-8-20-21(13-17)33-14-32-20)24-23(19-6-4-5-10-26-19)27-25(34)28(24)11-9-22(30)31-3/h4-8,10,12-13,23-24H,9,11,14H2,1-3H3,(H,27,34)/t23-,24+/m0/s1. The van der Waals surface area contributed by atoms with Crippen LogP contribution in [-0.2, 0) is 9.53 Å². The average molecular weight is 479 g/mol. The Kier molecular flexibility index (Phi) is 5.87. The Bertz CT molecular complexity index is 1240. The van der Waals surface area contributed by atoms with Crippen molar-refractivity contribution in [3.05, 3.63) is 71.3 Å². The van der Waals surface area contributed by atoms with Crippen LogP contribution >= 0.6 is 12.2 Å². The molecule has 1 fully saturated rings. The van der Waals surface area contributed by atoms with Crippen LogP contribution < -0.4 is 14.8 Å². The average Bonchev–Trinajstić information content (AvgIpc) is 3.52. The van der Waals surface area contributed by atoms with E-state index in [4.69, 9.17) is 26.4 Å². The third-order valence-electron chi connectivity index (χ3n) is 6.39. The number of benzene rings is 1. The first-order chi connectivity index (χ1) is 16.5. The van der Waals surface area contributed by atoms with Crippen molar-refractivity contribution in [3.63, 3.8) is 0 Å². The number of nitrogens with zero attached hydrogens (tertiary/aromatic N) is 3. The highest BCUT2D eigenvalue weighted by Crippen LogP contribution is 2.42. The number of rotatable bonds is 6. The van der Waals surface area contributed by atoms with Gasteiger partial charge < -0.3 is 29.0 Å². The van der Waals surface area contributed by atoms with Crippen LogP contribution in [0.4, 0.5) is 0 Å². The topological polar surface area (TPSA) is 77.9 Å². The lowest BCUT2D eigenvalue weighted by Crippen LogP contribution is -2.32. The molecule has 4 heterocycles. The number of thiocarbonyl (C=S) groups is 1. The highest BCUT2D eigenvalue weighted by atomic mass is 32.1. The molecule has 0 amide bonds. The fraction of sp³-hybridized carbons (Fsp3) is 0.320. The molecule has 3 aromatic rings. The van der Waals surface area contributed by atoms with E-state index in [1.54, 1.807) is 6.20 Å². The summed E-state index contributed by atoms with van der Waals surface area (Å²) in [5, 5.41) is 4.03. The normalized spacial score (nSPS) is 18.8. The molecule has 176 valence electrons. The number of hydrogen-bond donors (Lipinski definition) is 1. The van der Waals surface area contributed by atoms with Crippen molar-refractivity contribution in [3.8, 4) is 17.2 Å². The van der Waals surface area contributed by atoms with Gasteiger partial charge in [0.2, 0.25) is 6.79 Å². The molecule has 1 aromatic carbocycles. The van der Waals surface area contributed by atoms with Crippen molar-refractivity contribution < 1.29 is 19.0 Å². The van der Waals surface area contributed by atoms with E-state index in [2.05, 4.69) is 39.7 Å². The van der Waals surface area contributed by atoms with Gasteiger partial charge in [-0.2, -0.15) is 0 Å². The number of ether oxygens (including phenoxy) is 3. The van der Waals surface area contributed by atoms with Crippen LogP contribution in [-0.4, -0.2) is 46.0 Å². The Morgan fingerprint density at radius 3 is 2.79 bits per heavy atom. The van der Waals surface area contributed by atoms with E-state index in [0.29, 0.717) is 11.7 Å². The van der Waals surface area contributed by atoms with Crippen LogP contribution in [0.5, 0.6) is 11.5 Å². The van der Waals surface area contributed by atoms with E-state index in [0.717, 1.165) is 39.8 Å². The van der Waals surface area contributed by atoms with Crippen LogP contribution in [0.3, 0.4) is 0 Å². The monoisotopic (exact) mass is 478 g/mol. The summed E-state index contributed by atoms with van der Waals surface area (Å²) in [5.74, 6) is 1.22. The molecular weight excluding hydrogens is 452 g/mol. The van der Waals surface area contributed by atoms with Crippen molar-refractivity contribution >= 4 is 23.3 Å². The first-order valence-corrected chi connectivity index (χ1v) is 11.5.